The molecular formula is C14H21BrN2. The molecular weight excluding hydrogens is 276 g/mol. The van der Waals surface area contributed by atoms with Crippen LogP contribution in [-0.2, 0) is 0 Å². The van der Waals surface area contributed by atoms with Gasteiger partial charge in [-0.25, -0.2) is 0 Å². The van der Waals surface area contributed by atoms with Gasteiger partial charge in [-0.15, -0.1) is 0 Å². The lowest BCUT2D eigenvalue weighted by Crippen LogP contribution is -2.26. The molecule has 1 heterocycles. The van der Waals surface area contributed by atoms with Gasteiger partial charge in [0.2, 0.25) is 0 Å². The van der Waals surface area contributed by atoms with Crippen molar-refractivity contribution in [3.63, 3.8) is 0 Å². The minimum atomic E-state index is 0.495. The highest BCUT2D eigenvalue weighted by atomic mass is 79.9. The predicted molar refractivity (Wildman–Crippen MR) is 78.4 cm³/mol. The topological polar surface area (TPSA) is 29.3 Å². The summed E-state index contributed by atoms with van der Waals surface area (Å²) in [5.74, 6) is 0. The number of anilines is 2. The van der Waals surface area contributed by atoms with E-state index in [0.29, 0.717) is 5.41 Å². The van der Waals surface area contributed by atoms with Crippen molar-refractivity contribution < 1.29 is 0 Å². The van der Waals surface area contributed by atoms with Crippen molar-refractivity contribution in [3.8, 4) is 0 Å². The molecule has 0 saturated carbocycles. The first kappa shape index (κ1) is 12.7. The maximum Gasteiger partial charge on any atom is 0.0611 e. The van der Waals surface area contributed by atoms with Crippen LogP contribution in [0.3, 0.4) is 0 Å². The number of rotatable bonds is 3. The monoisotopic (exact) mass is 296 g/mol. The molecule has 2 nitrogen and oxygen atoms in total. The maximum absolute atomic E-state index is 6.08. The number of nitrogens with two attached hydrogens (primary N) is 1. The Hall–Kier alpha value is -0.700. The molecule has 1 saturated heterocycles. The Bertz CT molecular complexity index is 399. The van der Waals surface area contributed by atoms with Crippen LogP contribution in [0.4, 0.5) is 11.4 Å². The Morgan fingerprint density at radius 1 is 1.35 bits per heavy atom. The quantitative estimate of drug-likeness (QED) is 0.853. The van der Waals surface area contributed by atoms with Crippen molar-refractivity contribution in [2.45, 2.75) is 33.1 Å². The van der Waals surface area contributed by atoms with E-state index < -0.39 is 0 Å². The van der Waals surface area contributed by atoms with E-state index in [2.05, 4.69) is 40.7 Å². The van der Waals surface area contributed by atoms with E-state index in [4.69, 9.17) is 5.73 Å². The molecule has 1 aliphatic heterocycles. The van der Waals surface area contributed by atoms with Gasteiger partial charge in [0.25, 0.3) is 0 Å². The maximum atomic E-state index is 6.08. The molecule has 0 atom stereocenters. The molecule has 0 unspecified atom stereocenters. The second-order valence-corrected chi connectivity index (χ2v) is 6.00. The molecule has 0 spiro atoms. The van der Waals surface area contributed by atoms with Crippen LogP contribution in [0.2, 0.25) is 0 Å². The fourth-order valence-electron chi connectivity index (χ4n) is 2.76. The Labute approximate surface area is 112 Å². The number of nitrogens with zero attached hydrogens (tertiary/aromatic N) is 1. The Morgan fingerprint density at radius 3 is 2.65 bits per heavy atom. The zero-order valence-electron chi connectivity index (χ0n) is 10.7. The molecule has 1 aromatic rings. The molecule has 1 aromatic carbocycles. The SMILES string of the molecule is CCC1(CC)CCN(c2cc(Br)ccc2N)C1. The van der Waals surface area contributed by atoms with Crippen LogP contribution < -0.4 is 10.6 Å². The summed E-state index contributed by atoms with van der Waals surface area (Å²) in [6.45, 7) is 6.87. The largest absolute Gasteiger partial charge is 0.397 e. The molecule has 94 valence electrons. The van der Waals surface area contributed by atoms with Gasteiger partial charge < -0.3 is 10.6 Å². The van der Waals surface area contributed by atoms with Gasteiger partial charge in [0.15, 0.2) is 0 Å². The molecule has 0 radical (unpaired) electrons. The lowest BCUT2D eigenvalue weighted by molar-refractivity contribution is 0.301. The van der Waals surface area contributed by atoms with Crippen molar-refractivity contribution in [3.05, 3.63) is 22.7 Å². The molecule has 2 rings (SSSR count). The van der Waals surface area contributed by atoms with Crippen LogP contribution in [-0.4, -0.2) is 13.1 Å². The predicted octanol–water partition coefficient (Wildman–Crippen LogP) is 4.05. The third kappa shape index (κ3) is 2.44. The number of halogens is 1. The van der Waals surface area contributed by atoms with Gasteiger partial charge in [0.05, 0.1) is 11.4 Å². The van der Waals surface area contributed by atoms with Gasteiger partial charge in [-0.05, 0) is 42.9 Å². The molecule has 0 bridgehead atoms. The van der Waals surface area contributed by atoms with Crippen molar-refractivity contribution in [2.24, 2.45) is 5.41 Å². The minimum Gasteiger partial charge on any atom is -0.397 e. The van der Waals surface area contributed by atoms with E-state index >= 15 is 0 Å². The second kappa shape index (κ2) is 4.89. The first-order valence-corrected chi connectivity index (χ1v) is 7.19. The summed E-state index contributed by atoms with van der Waals surface area (Å²) in [6, 6.07) is 6.12. The van der Waals surface area contributed by atoms with E-state index in [1.165, 1.54) is 24.9 Å². The second-order valence-electron chi connectivity index (χ2n) is 5.08. The lowest BCUT2D eigenvalue weighted by Gasteiger charge is -2.27. The summed E-state index contributed by atoms with van der Waals surface area (Å²) in [6.07, 6.45) is 3.80. The standard InChI is InChI=1S/C14H21BrN2/c1-3-14(4-2)7-8-17(10-14)13-9-11(15)5-6-12(13)16/h5-6,9H,3-4,7-8,10,16H2,1-2H3. The minimum absolute atomic E-state index is 0.495. The lowest BCUT2D eigenvalue weighted by atomic mass is 9.82. The number of nitrogen functional groups attached to an aromatic ring is 1. The van der Waals surface area contributed by atoms with Crippen molar-refractivity contribution in [2.75, 3.05) is 23.7 Å². The van der Waals surface area contributed by atoms with Crippen molar-refractivity contribution >= 4 is 27.3 Å². The van der Waals surface area contributed by atoms with Crippen LogP contribution in [0, 0.1) is 5.41 Å². The fraction of sp³-hybridized carbons (Fsp3) is 0.571. The van der Waals surface area contributed by atoms with Crippen LogP contribution in [0.1, 0.15) is 33.1 Å². The third-order valence-electron chi connectivity index (χ3n) is 4.27. The molecule has 0 amide bonds. The average molecular weight is 297 g/mol. The van der Waals surface area contributed by atoms with Crippen LogP contribution in [0.15, 0.2) is 22.7 Å². The van der Waals surface area contributed by atoms with E-state index in [-0.39, 0.29) is 0 Å². The van der Waals surface area contributed by atoms with Crippen molar-refractivity contribution in [1.29, 1.82) is 0 Å². The van der Waals surface area contributed by atoms with Crippen LogP contribution in [0.25, 0.3) is 0 Å². The van der Waals surface area contributed by atoms with Gasteiger partial charge in [0, 0.05) is 17.6 Å². The fourth-order valence-corrected chi connectivity index (χ4v) is 3.11. The summed E-state index contributed by atoms with van der Waals surface area (Å²) >= 11 is 3.52. The Morgan fingerprint density at radius 2 is 2.06 bits per heavy atom. The van der Waals surface area contributed by atoms with Crippen LogP contribution in [0.5, 0.6) is 0 Å². The highest BCUT2D eigenvalue weighted by molar-refractivity contribution is 9.10. The zero-order valence-corrected chi connectivity index (χ0v) is 12.3. The first-order valence-electron chi connectivity index (χ1n) is 6.40. The number of benzene rings is 1. The van der Waals surface area contributed by atoms with E-state index in [1.54, 1.807) is 0 Å². The molecule has 1 fully saturated rings. The molecule has 0 aliphatic carbocycles. The van der Waals surface area contributed by atoms with Crippen LogP contribution >= 0.6 is 15.9 Å². The zero-order chi connectivity index (χ0) is 12.5. The van der Waals surface area contributed by atoms with Gasteiger partial charge in [-0.2, -0.15) is 0 Å². The van der Waals surface area contributed by atoms with E-state index in [1.807, 2.05) is 12.1 Å². The highest BCUT2D eigenvalue weighted by Crippen LogP contribution is 2.40. The summed E-state index contributed by atoms with van der Waals surface area (Å²) in [4.78, 5) is 2.44. The van der Waals surface area contributed by atoms with Gasteiger partial charge in [-0.3, -0.25) is 0 Å². The van der Waals surface area contributed by atoms with Gasteiger partial charge >= 0.3 is 0 Å². The third-order valence-corrected chi connectivity index (χ3v) is 4.76. The summed E-state index contributed by atoms with van der Waals surface area (Å²) in [5.41, 5.74) is 8.64. The van der Waals surface area contributed by atoms with E-state index in [0.717, 1.165) is 23.2 Å². The smallest absolute Gasteiger partial charge is 0.0611 e. The van der Waals surface area contributed by atoms with Crippen molar-refractivity contribution in [1.82, 2.24) is 0 Å². The Balaban J connectivity index is 2.23. The summed E-state index contributed by atoms with van der Waals surface area (Å²) in [5, 5.41) is 0. The summed E-state index contributed by atoms with van der Waals surface area (Å²) < 4.78 is 1.10. The number of hydrogen-bond donors (Lipinski definition) is 1. The Kier molecular flexibility index (Phi) is 3.67. The normalized spacial score (nSPS) is 18.6. The molecule has 0 aromatic heterocycles. The van der Waals surface area contributed by atoms with Gasteiger partial charge in [-0.1, -0.05) is 29.8 Å². The molecule has 17 heavy (non-hydrogen) atoms. The van der Waals surface area contributed by atoms with E-state index in [9.17, 15) is 0 Å². The van der Waals surface area contributed by atoms with Gasteiger partial charge in [0.1, 0.15) is 0 Å². The number of hydrogen-bond acceptors (Lipinski definition) is 2. The highest BCUT2D eigenvalue weighted by Gasteiger charge is 2.35. The molecule has 1 aliphatic rings. The molecule has 3 heteroatoms. The first-order chi connectivity index (χ1) is 8.10. The molecule has 2 N–H and O–H groups in total. The summed E-state index contributed by atoms with van der Waals surface area (Å²) in [7, 11) is 0. The average Bonchev–Trinajstić information content (AvgIpc) is 2.77.